The number of rotatable bonds is 8. The molecule has 3 fully saturated rings. The van der Waals surface area contributed by atoms with Gasteiger partial charge in [0.1, 0.15) is 11.6 Å². The molecule has 2 aromatic carbocycles. The molecule has 1 N–H and O–H groups in total. The summed E-state index contributed by atoms with van der Waals surface area (Å²) in [5.74, 6) is 0.276. The predicted molar refractivity (Wildman–Crippen MR) is 124 cm³/mol. The van der Waals surface area contributed by atoms with Crippen molar-refractivity contribution < 1.29 is 8.78 Å². The third-order valence-corrected chi connectivity index (χ3v) is 7.74. The summed E-state index contributed by atoms with van der Waals surface area (Å²) in [7, 11) is 0. The summed E-state index contributed by atoms with van der Waals surface area (Å²) < 4.78 is 27.0. The standard InChI is InChI=1S/C27H32F2N4/c28-23-12-21(13-24(29)14-23)17-32-18-27(19-32,8-9-30)33-10-6-20(7-11-33)16-31-26-15-25(26)22-4-2-1-3-5-22/h1-5,12-14,20,25-26,31H,6-8,10-11,15-19H2/t25-,26+/m0/s1. The third-order valence-electron chi connectivity index (χ3n) is 7.74. The molecule has 0 amide bonds. The highest BCUT2D eigenvalue weighted by Crippen LogP contribution is 2.41. The van der Waals surface area contributed by atoms with Crippen molar-refractivity contribution in [2.45, 2.75) is 49.7 Å². The summed E-state index contributed by atoms with van der Waals surface area (Å²) >= 11 is 0. The molecule has 33 heavy (non-hydrogen) atoms. The van der Waals surface area contributed by atoms with Crippen molar-refractivity contribution in [1.29, 1.82) is 5.26 Å². The van der Waals surface area contributed by atoms with Crippen LogP contribution in [0, 0.1) is 28.9 Å². The zero-order valence-corrected chi connectivity index (χ0v) is 19.0. The maximum Gasteiger partial charge on any atom is 0.126 e. The molecule has 0 bridgehead atoms. The first-order chi connectivity index (χ1) is 16.0. The minimum Gasteiger partial charge on any atom is -0.313 e. The zero-order chi connectivity index (χ0) is 22.8. The molecular formula is C27H32F2N4. The van der Waals surface area contributed by atoms with Gasteiger partial charge in [0.2, 0.25) is 0 Å². The molecule has 2 atom stereocenters. The molecule has 4 nitrogen and oxygen atoms in total. The molecule has 174 valence electrons. The summed E-state index contributed by atoms with van der Waals surface area (Å²) in [6.07, 6.45) is 4.04. The van der Waals surface area contributed by atoms with Gasteiger partial charge in [-0.3, -0.25) is 9.80 Å². The molecule has 0 spiro atoms. The average Bonchev–Trinajstić information content (AvgIpc) is 3.56. The topological polar surface area (TPSA) is 42.3 Å². The van der Waals surface area contributed by atoms with Crippen LogP contribution < -0.4 is 5.32 Å². The maximum absolute atomic E-state index is 13.5. The fourth-order valence-corrected chi connectivity index (χ4v) is 5.85. The molecule has 0 radical (unpaired) electrons. The summed E-state index contributed by atoms with van der Waals surface area (Å²) in [5.41, 5.74) is 1.98. The van der Waals surface area contributed by atoms with Crippen molar-refractivity contribution in [2.75, 3.05) is 32.7 Å². The molecule has 2 saturated heterocycles. The predicted octanol–water partition coefficient (Wildman–Crippen LogP) is 4.29. The number of nitrogens with zero attached hydrogens (tertiary/aromatic N) is 3. The minimum atomic E-state index is -0.536. The van der Waals surface area contributed by atoms with E-state index in [0.29, 0.717) is 36.4 Å². The van der Waals surface area contributed by atoms with E-state index in [4.69, 9.17) is 0 Å². The maximum atomic E-state index is 13.5. The van der Waals surface area contributed by atoms with Crippen LogP contribution in [-0.2, 0) is 6.54 Å². The summed E-state index contributed by atoms with van der Waals surface area (Å²) in [4.78, 5) is 4.69. The molecule has 2 aromatic rings. The van der Waals surface area contributed by atoms with Crippen LogP contribution in [0.5, 0.6) is 0 Å². The van der Waals surface area contributed by atoms with Crippen LogP contribution >= 0.6 is 0 Å². The van der Waals surface area contributed by atoms with Gasteiger partial charge in [-0.2, -0.15) is 5.26 Å². The fraction of sp³-hybridized carbons (Fsp3) is 0.519. The Hall–Kier alpha value is -2.33. The lowest BCUT2D eigenvalue weighted by Crippen LogP contribution is -2.70. The van der Waals surface area contributed by atoms with Crippen LogP contribution in [0.1, 0.15) is 42.7 Å². The molecule has 2 heterocycles. The van der Waals surface area contributed by atoms with Gasteiger partial charge in [-0.05, 0) is 68.1 Å². The van der Waals surface area contributed by atoms with E-state index in [9.17, 15) is 14.0 Å². The lowest BCUT2D eigenvalue weighted by molar-refractivity contribution is -0.0699. The Morgan fingerprint density at radius 3 is 2.39 bits per heavy atom. The number of halogens is 2. The number of piperidine rings is 1. The molecule has 3 aliphatic rings. The molecule has 5 rings (SSSR count). The van der Waals surface area contributed by atoms with Gasteiger partial charge in [0.15, 0.2) is 0 Å². The zero-order valence-electron chi connectivity index (χ0n) is 19.0. The summed E-state index contributed by atoms with van der Waals surface area (Å²) in [6.45, 7) is 5.19. The molecule has 1 aliphatic carbocycles. The van der Waals surface area contributed by atoms with Crippen LogP contribution in [0.2, 0.25) is 0 Å². The summed E-state index contributed by atoms with van der Waals surface area (Å²) in [5, 5.41) is 13.2. The monoisotopic (exact) mass is 450 g/mol. The van der Waals surface area contributed by atoms with Gasteiger partial charge >= 0.3 is 0 Å². The Morgan fingerprint density at radius 1 is 1.03 bits per heavy atom. The molecule has 0 unspecified atom stereocenters. The van der Waals surface area contributed by atoms with Crippen LogP contribution in [-0.4, -0.2) is 54.1 Å². The smallest absolute Gasteiger partial charge is 0.126 e. The molecule has 2 aliphatic heterocycles. The van der Waals surface area contributed by atoms with Crippen molar-refractivity contribution >= 4 is 0 Å². The highest BCUT2D eigenvalue weighted by Gasteiger charge is 2.48. The number of likely N-dealkylation sites (tertiary alicyclic amines) is 2. The molecule has 6 heteroatoms. The Balaban J connectivity index is 1.08. The van der Waals surface area contributed by atoms with Crippen molar-refractivity contribution in [3.8, 4) is 6.07 Å². The first-order valence-corrected chi connectivity index (χ1v) is 12.1. The van der Waals surface area contributed by atoms with Crippen LogP contribution in [0.4, 0.5) is 8.78 Å². The Morgan fingerprint density at radius 2 is 1.73 bits per heavy atom. The second kappa shape index (κ2) is 9.50. The van der Waals surface area contributed by atoms with Crippen LogP contribution in [0.15, 0.2) is 48.5 Å². The van der Waals surface area contributed by atoms with Gasteiger partial charge in [0.05, 0.1) is 18.0 Å². The van der Waals surface area contributed by atoms with Gasteiger partial charge in [-0.15, -0.1) is 0 Å². The number of nitriles is 1. The van der Waals surface area contributed by atoms with Crippen molar-refractivity contribution in [3.63, 3.8) is 0 Å². The second-order valence-corrected chi connectivity index (χ2v) is 10.2. The van der Waals surface area contributed by atoms with E-state index >= 15 is 0 Å². The number of hydrogen-bond acceptors (Lipinski definition) is 4. The van der Waals surface area contributed by atoms with E-state index in [1.807, 2.05) is 0 Å². The highest BCUT2D eigenvalue weighted by atomic mass is 19.1. The number of benzene rings is 2. The Labute approximate surface area is 195 Å². The van der Waals surface area contributed by atoms with Crippen LogP contribution in [0.3, 0.4) is 0 Å². The average molecular weight is 451 g/mol. The largest absolute Gasteiger partial charge is 0.313 e. The normalized spacial score (nSPS) is 25.4. The number of hydrogen-bond donors (Lipinski definition) is 1. The quantitative estimate of drug-likeness (QED) is 0.652. The lowest BCUT2D eigenvalue weighted by Gasteiger charge is -2.56. The molecule has 0 aromatic heterocycles. The van der Waals surface area contributed by atoms with Crippen molar-refractivity contribution in [2.24, 2.45) is 5.92 Å². The van der Waals surface area contributed by atoms with E-state index in [1.165, 1.54) is 24.1 Å². The van der Waals surface area contributed by atoms with Gasteiger partial charge < -0.3 is 5.32 Å². The van der Waals surface area contributed by atoms with Gasteiger partial charge in [0.25, 0.3) is 0 Å². The third kappa shape index (κ3) is 5.11. The van der Waals surface area contributed by atoms with Gasteiger partial charge in [0, 0.05) is 37.7 Å². The lowest BCUT2D eigenvalue weighted by atomic mass is 9.81. The minimum absolute atomic E-state index is 0.117. The first-order valence-electron chi connectivity index (χ1n) is 12.1. The van der Waals surface area contributed by atoms with Gasteiger partial charge in [-0.1, -0.05) is 30.3 Å². The van der Waals surface area contributed by atoms with Crippen LogP contribution in [0.25, 0.3) is 0 Å². The molecule has 1 saturated carbocycles. The van der Waals surface area contributed by atoms with Gasteiger partial charge in [-0.25, -0.2) is 8.78 Å². The van der Waals surface area contributed by atoms with E-state index < -0.39 is 11.6 Å². The van der Waals surface area contributed by atoms with Crippen molar-refractivity contribution in [1.82, 2.24) is 15.1 Å². The van der Waals surface area contributed by atoms with E-state index in [0.717, 1.165) is 51.6 Å². The van der Waals surface area contributed by atoms with E-state index in [1.54, 1.807) is 0 Å². The molecular weight excluding hydrogens is 418 g/mol. The summed E-state index contributed by atoms with van der Waals surface area (Å²) in [6, 6.07) is 17.5. The van der Waals surface area contributed by atoms with Crippen molar-refractivity contribution in [3.05, 3.63) is 71.3 Å². The fourth-order valence-electron chi connectivity index (χ4n) is 5.85. The Kier molecular flexibility index (Phi) is 6.47. The first kappa shape index (κ1) is 22.5. The van der Waals surface area contributed by atoms with E-state index in [2.05, 4.69) is 51.5 Å². The number of nitrogens with one attached hydrogen (secondary N) is 1. The Bertz CT molecular complexity index is 971. The second-order valence-electron chi connectivity index (χ2n) is 10.2. The highest BCUT2D eigenvalue weighted by molar-refractivity contribution is 5.27. The SMILES string of the molecule is N#CCC1(N2CCC(CN[C@@H]3C[C@H]3c3ccccc3)CC2)CN(Cc2cc(F)cc(F)c2)C1. The van der Waals surface area contributed by atoms with E-state index in [-0.39, 0.29) is 5.54 Å².